The molecule has 3 aromatic rings. The van der Waals surface area contributed by atoms with Crippen LogP contribution in [0.3, 0.4) is 0 Å². The van der Waals surface area contributed by atoms with Gasteiger partial charge in [-0.25, -0.2) is 13.4 Å². The molecule has 1 aliphatic heterocycles. The molecule has 0 saturated heterocycles. The Morgan fingerprint density at radius 1 is 1.00 bits per heavy atom. The highest BCUT2D eigenvalue weighted by Gasteiger charge is 2.23. The van der Waals surface area contributed by atoms with Gasteiger partial charge in [-0.3, -0.25) is 9.52 Å². The number of carbonyl (C=O) groups excluding carboxylic acids is 1. The third kappa shape index (κ3) is 3.72. The van der Waals surface area contributed by atoms with E-state index in [1.54, 1.807) is 24.3 Å². The van der Waals surface area contributed by atoms with Gasteiger partial charge in [-0.2, -0.15) is 0 Å². The SMILES string of the molecule is O=C1NCCCc2nc(NS(=O)(=O)c3ccc(-c4ccccc4)cc3)sc21. The zero-order valence-corrected chi connectivity index (χ0v) is 15.9. The molecule has 8 heteroatoms. The number of anilines is 1. The van der Waals surface area contributed by atoms with Gasteiger partial charge in [0.25, 0.3) is 15.9 Å². The minimum Gasteiger partial charge on any atom is -0.351 e. The lowest BCUT2D eigenvalue weighted by molar-refractivity contribution is 0.0960. The van der Waals surface area contributed by atoms with E-state index in [-0.39, 0.29) is 15.9 Å². The second-order valence-electron chi connectivity index (χ2n) is 6.15. The minimum atomic E-state index is -3.77. The maximum absolute atomic E-state index is 12.7. The van der Waals surface area contributed by atoms with Crippen LogP contribution in [0.25, 0.3) is 11.1 Å². The van der Waals surface area contributed by atoms with Crippen LogP contribution in [-0.2, 0) is 16.4 Å². The number of sulfonamides is 1. The molecule has 6 nitrogen and oxygen atoms in total. The van der Waals surface area contributed by atoms with E-state index in [0.29, 0.717) is 23.5 Å². The Bertz CT molecular complexity index is 1080. The first-order valence-corrected chi connectivity index (χ1v) is 10.8. The summed E-state index contributed by atoms with van der Waals surface area (Å²) in [5.74, 6) is -0.197. The van der Waals surface area contributed by atoms with E-state index in [1.165, 1.54) is 0 Å². The van der Waals surface area contributed by atoms with Gasteiger partial charge in [-0.05, 0) is 36.1 Å². The second-order valence-corrected chi connectivity index (χ2v) is 8.83. The Hall–Kier alpha value is -2.71. The van der Waals surface area contributed by atoms with Gasteiger partial charge < -0.3 is 5.32 Å². The molecule has 0 fully saturated rings. The van der Waals surface area contributed by atoms with Crippen LogP contribution in [0.5, 0.6) is 0 Å². The second kappa shape index (κ2) is 7.13. The number of amides is 1. The summed E-state index contributed by atoms with van der Waals surface area (Å²) in [7, 11) is -3.77. The summed E-state index contributed by atoms with van der Waals surface area (Å²) in [5, 5.41) is 3.00. The summed E-state index contributed by atoms with van der Waals surface area (Å²) < 4.78 is 27.8. The third-order valence-electron chi connectivity index (χ3n) is 4.27. The smallest absolute Gasteiger partial charge is 0.263 e. The minimum absolute atomic E-state index is 0.150. The van der Waals surface area contributed by atoms with Gasteiger partial charge in [0, 0.05) is 6.54 Å². The largest absolute Gasteiger partial charge is 0.351 e. The summed E-state index contributed by atoms with van der Waals surface area (Å²) >= 11 is 1.06. The number of nitrogens with zero attached hydrogens (tertiary/aromatic N) is 1. The molecule has 138 valence electrons. The first kappa shape index (κ1) is 17.7. The fourth-order valence-electron chi connectivity index (χ4n) is 2.91. The molecule has 1 aromatic heterocycles. The van der Waals surface area contributed by atoms with E-state index < -0.39 is 10.0 Å². The summed E-state index contributed by atoms with van der Waals surface area (Å²) in [6.45, 7) is 0.608. The van der Waals surface area contributed by atoms with Crippen LogP contribution in [0.2, 0.25) is 0 Å². The molecule has 0 unspecified atom stereocenters. The number of thiazole rings is 1. The van der Waals surface area contributed by atoms with Crippen LogP contribution >= 0.6 is 11.3 Å². The van der Waals surface area contributed by atoms with Crippen LogP contribution in [0.1, 0.15) is 21.8 Å². The monoisotopic (exact) mass is 399 g/mol. The summed E-state index contributed by atoms with van der Waals surface area (Å²) in [6, 6.07) is 16.4. The van der Waals surface area contributed by atoms with E-state index >= 15 is 0 Å². The Morgan fingerprint density at radius 2 is 1.70 bits per heavy atom. The lowest BCUT2D eigenvalue weighted by atomic mass is 10.1. The van der Waals surface area contributed by atoms with Crippen molar-refractivity contribution in [3.05, 3.63) is 65.2 Å². The first-order valence-electron chi connectivity index (χ1n) is 8.49. The molecular weight excluding hydrogens is 382 g/mol. The molecule has 0 saturated carbocycles. The van der Waals surface area contributed by atoms with Crippen molar-refractivity contribution >= 4 is 32.4 Å². The zero-order valence-electron chi connectivity index (χ0n) is 14.3. The van der Waals surface area contributed by atoms with Crippen molar-refractivity contribution in [3.8, 4) is 11.1 Å². The van der Waals surface area contributed by atoms with Crippen molar-refractivity contribution in [3.63, 3.8) is 0 Å². The molecule has 4 rings (SSSR count). The maximum Gasteiger partial charge on any atom is 0.263 e. The number of fused-ring (bicyclic) bond motifs is 1. The van der Waals surface area contributed by atoms with Crippen LogP contribution in [0.4, 0.5) is 5.13 Å². The fourth-order valence-corrected chi connectivity index (χ4v) is 5.07. The van der Waals surface area contributed by atoms with Crippen molar-refractivity contribution in [2.45, 2.75) is 17.7 Å². The topological polar surface area (TPSA) is 88.2 Å². The Labute approximate surface area is 161 Å². The van der Waals surface area contributed by atoms with Crippen LogP contribution in [0.15, 0.2) is 59.5 Å². The Balaban J connectivity index is 1.57. The van der Waals surface area contributed by atoms with E-state index in [1.807, 2.05) is 30.3 Å². The highest BCUT2D eigenvalue weighted by atomic mass is 32.2. The molecule has 0 aliphatic carbocycles. The number of hydrogen-bond donors (Lipinski definition) is 2. The predicted octanol–water partition coefficient (Wildman–Crippen LogP) is 3.29. The number of aromatic nitrogens is 1. The molecule has 2 aromatic carbocycles. The van der Waals surface area contributed by atoms with Gasteiger partial charge in [-0.1, -0.05) is 53.8 Å². The lowest BCUT2D eigenvalue weighted by Crippen LogP contribution is -2.21. The van der Waals surface area contributed by atoms with E-state index in [0.717, 1.165) is 28.9 Å². The molecule has 0 atom stereocenters. The summed E-state index contributed by atoms with van der Waals surface area (Å²) in [6.07, 6.45) is 1.44. The highest BCUT2D eigenvalue weighted by molar-refractivity contribution is 7.93. The number of aryl methyl sites for hydroxylation is 1. The maximum atomic E-state index is 12.7. The van der Waals surface area contributed by atoms with Crippen LogP contribution in [0, 0.1) is 0 Å². The average molecular weight is 399 g/mol. The van der Waals surface area contributed by atoms with Gasteiger partial charge in [0.05, 0.1) is 10.6 Å². The first-order chi connectivity index (χ1) is 13.0. The lowest BCUT2D eigenvalue weighted by Gasteiger charge is -2.07. The average Bonchev–Trinajstić information content (AvgIpc) is 3.00. The number of hydrogen-bond acceptors (Lipinski definition) is 5. The number of nitrogens with one attached hydrogen (secondary N) is 2. The van der Waals surface area contributed by atoms with Crippen molar-refractivity contribution in [2.24, 2.45) is 0 Å². The highest BCUT2D eigenvalue weighted by Crippen LogP contribution is 2.28. The molecule has 1 amide bonds. The normalized spacial score (nSPS) is 14.1. The molecule has 0 spiro atoms. The van der Waals surface area contributed by atoms with Crippen LogP contribution in [-0.4, -0.2) is 25.9 Å². The fraction of sp³-hybridized carbons (Fsp3) is 0.158. The summed E-state index contributed by atoms with van der Waals surface area (Å²) in [4.78, 5) is 16.9. The molecule has 2 N–H and O–H groups in total. The van der Waals surface area contributed by atoms with Gasteiger partial charge in [-0.15, -0.1) is 0 Å². The van der Waals surface area contributed by atoms with E-state index in [9.17, 15) is 13.2 Å². The molecule has 0 radical (unpaired) electrons. The van der Waals surface area contributed by atoms with Crippen molar-refractivity contribution < 1.29 is 13.2 Å². The Morgan fingerprint density at radius 3 is 2.44 bits per heavy atom. The molecule has 0 bridgehead atoms. The quantitative estimate of drug-likeness (QED) is 0.705. The Kier molecular flexibility index (Phi) is 4.67. The zero-order chi connectivity index (χ0) is 18.9. The molecule has 1 aliphatic rings. The van der Waals surface area contributed by atoms with Gasteiger partial charge >= 0.3 is 0 Å². The standard InChI is InChI=1S/C19H17N3O3S2/c23-18-17-16(7-4-12-20-18)21-19(26-17)22-27(24,25)15-10-8-14(9-11-15)13-5-2-1-3-6-13/h1-3,5-6,8-11H,4,7,12H2,(H,20,23)(H,21,22). The van der Waals surface area contributed by atoms with Crippen molar-refractivity contribution in [2.75, 3.05) is 11.3 Å². The van der Waals surface area contributed by atoms with Gasteiger partial charge in [0.15, 0.2) is 5.13 Å². The van der Waals surface area contributed by atoms with Crippen LogP contribution < -0.4 is 10.0 Å². The molecule has 2 heterocycles. The van der Waals surface area contributed by atoms with E-state index in [4.69, 9.17) is 0 Å². The predicted molar refractivity (Wildman–Crippen MR) is 105 cm³/mol. The molecule has 27 heavy (non-hydrogen) atoms. The number of rotatable bonds is 4. The number of carbonyl (C=O) groups is 1. The summed E-state index contributed by atoms with van der Waals surface area (Å²) in [5.41, 5.74) is 2.60. The van der Waals surface area contributed by atoms with E-state index in [2.05, 4.69) is 15.0 Å². The van der Waals surface area contributed by atoms with Gasteiger partial charge in [0.2, 0.25) is 0 Å². The van der Waals surface area contributed by atoms with Crippen molar-refractivity contribution in [1.29, 1.82) is 0 Å². The van der Waals surface area contributed by atoms with Gasteiger partial charge in [0.1, 0.15) is 4.88 Å². The molecular formula is C19H17N3O3S2. The number of benzene rings is 2. The third-order valence-corrected chi connectivity index (χ3v) is 6.77. The van der Waals surface area contributed by atoms with Crippen molar-refractivity contribution in [1.82, 2.24) is 10.3 Å².